The number of rotatable bonds is 4. The second-order valence-corrected chi connectivity index (χ2v) is 5.41. The van der Waals surface area contributed by atoms with Gasteiger partial charge < -0.3 is 14.6 Å². The Morgan fingerprint density at radius 1 is 1.48 bits per heavy atom. The summed E-state index contributed by atoms with van der Waals surface area (Å²) in [6, 6.07) is 5.40. The predicted octanol–water partition coefficient (Wildman–Crippen LogP) is 0.653. The van der Waals surface area contributed by atoms with Crippen LogP contribution in [0.25, 0.3) is 0 Å². The van der Waals surface area contributed by atoms with Gasteiger partial charge in [-0.15, -0.1) is 0 Å². The number of benzene rings is 1. The summed E-state index contributed by atoms with van der Waals surface area (Å²) in [6.45, 7) is 2.56. The zero-order valence-electron chi connectivity index (χ0n) is 12.1. The fourth-order valence-electron chi connectivity index (χ4n) is 3.09. The van der Waals surface area contributed by atoms with E-state index in [1.54, 1.807) is 12.2 Å². The molecule has 1 aromatic rings. The van der Waals surface area contributed by atoms with Gasteiger partial charge in [-0.1, -0.05) is 18.2 Å². The molecule has 2 heterocycles. The number of ether oxygens (including phenoxy) is 2. The molecule has 2 aliphatic rings. The normalized spacial score (nSPS) is 28.5. The standard InChI is InChI=1S/C15H19NO5/c1-9-4-3-5-10(14(9)19-2)6-16-13-11(8-20-15(13)18)12(7-17)21-16/h3-5,11-13,17H,6-8H2,1-2H3/t11-,12?,13+/m1/s1. The number of esters is 1. The average Bonchev–Trinajstić information content (AvgIpc) is 3.01. The second-order valence-electron chi connectivity index (χ2n) is 5.41. The van der Waals surface area contributed by atoms with Gasteiger partial charge in [-0.2, -0.15) is 5.06 Å². The highest BCUT2D eigenvalue weighted by Crippen LogP contribution is 2.35. The Kier molecular flexibility index (Phi) is 3.84. The lowest BCUT2D eigenvalue weighted by Gasteiger charge is -2.21. The number of hydrogen-bond donors (Lipinski definition) is 1. The molecule has 6 heteroatoms. The maximum atomic E-state index is 11.9. The Labute approximate surface area is 123 Å². The van der Waals surface area contributed by atoms with Gasteiger partial charge in [-0.25, -0.2) is 0 Å². The quantitative estimate of drug-likeness (QED) is 0.822. The third-order valence-corrected chi connectivity index (χ3v) is 4.13. The van der Waals surface area contributed by atoms with Crippen LogP contribution in [0.4, 0.5) is 0 Å². The van der Waals surface area contributed by atoms with Gasteiger partial charge in [0.25, 0.3) is 0 Å². The van der Waals surface area contributed by atoms with Crippen LogP contribution in [-0.4, -0.2) is 48.6 Å². The molecule has 0 aliphatic carbocycles. The first-order valence-corrected chi connectivity index (χ1v) is 6.99. The van der Waals surface area contributed by atoms with Crippen LogP contribution in [0.2, 0.25) is 0 Å². The van der Waals surface area contributed by atoms with Crippen molar-refractivity contribution in [2.75, 3.05) is 20.3 Å². The third kappa shape index (κ3) is 2.39. The average molecular weight is 293 g/mol. The smallest absolute Gasteiger partial charge is 0.326 e. The van der Waals surface area contributed by atoms with Crippen molar-refractivity contribution in [3.8, 4) is 5.75 Å². The molecule has 2 fully saturated rings. The number of aliphatic hydroxyl groups excluding tert-OH is 1. The number of aliphatic hydroxyl groups is 1. The number of cyclic esters (lactones) is 1. The van der Waals surface area contributed by atoms with Crippen molar-refractivity contribution in [1.82, 2.24) is 5.06 Å². The summed E-state index contributed by atoms with van der Waals surface area (Å²) in [4.78, 5) is 17.6. The van der Waals surface area contributed by atoms with E-state index in [1.165, 1.54) is 0 Å². The number of hydrogen-bond acceptors (Lipinski definition) is 6. The number of hydroxylamine groups is 2. The van der Waals surface area contributed by atoms with Crippen LogP contribution >= 0.6 is 0 Å². The van der Waals surface area contributed by atoms with Gasteiger partial charge in [0.05, 0.1) is 32.8 Å². The van der Waals surface area contributed by atoms with Crippen LogP contribution in [0.3, 0.4) is 0 Å². The number of fused-ring (bicyclic) bond motifs is 1. The van der Waals surface area contributed by atoms with E-state index in [9.17, 15) is 9.90 Å². The van der Waals surface area contributed by atoms with Gasteiger partial charge in [0.2, 0.25) is 0 Å². The number of carbonyl (C=O) groups is 1. The Balaban J connectivity index is 1.85. The minimum atomic E-state index is -0.452. The predicted molar refractivity (Wildman–Crippen MR) is 73.5 cm³/mol. The molecule has 21 heavy (non-hydrogen) atoms. The van der Waals surface area contributed by atoms with Crippen LogP contribution in [0.1, 0.15) is 11.1 Å². The number of para-hydroxylation sites is 1. The first kappa shape index (κ1) is 14.3. The molecule has 0 bridgehead atoms. The van der Waals surface area contributed by atoms with Crippen LogP contribution in [0.5, 0.6) is 5.75 Å². The summed E-state index contributed by atoms with van der Waals surface area (Å²) in [5.74, 6) is 0.386. The zero-order chi connectivity index (χ0) is 15.0. The van der Waals surface area contributed by atoms with Gasteiger partial charge in [0.15, 0.2) is 0 Å². The molecule has 2 aliphatic heterocycles. The van der Waals surface area contributed by atoms with E-state index in [4.69, 9.17) is 14.3 Å². The topological polar surface area (TPSA) is 68.2 Å². The summed E-state index contributed by atoms with van der Waals surface area (Å²) in [7, 11) is 1.62. The fraction of sp³-hybridized carbons (Fsp3) is 0.533. The minimum absolute atomic E-state index is 0.113. The molecule has 3 atom stereocenters. The first-order valence-electron chi connectivity index (χ1n) is 6.99. The van der Waals surface area contributed by atoms with Crippen molar-refractivity contribution in [3.05, 3.63) is 29.3 Å². The lowest BCUT2D eigenvalue weighted by atomic mass is 9.98. The van der Waals surface area contributed by atoms with Crippen molar-refractivity contribution in [3.63, 3.8) is 0 Å². The van der Waals surface area contributed by atoms with Crippen LogP contribution in [-0.2, 0) is 20.9 Å². The van der Waals surface area contributed by atoms with E-state index in [1.807, 2.05) is 25.1 Å². The molecule has 6 nitrogen and oxygen atoms in total. The van der Waals surface area contributed by atoms with Gasteiger partial charge in [-0.05, 0) is 12.5 Å². The third-order valence-electron chi connectivity index (χ3n) is 4.13. The van der Waals surface area contributed by atoms with Crippen molar-refractivity contribution >= 4 is 5.97 Å². The molecule has 0 aromatic heterocycles. The number of aryl methyl sites for hydroxylation is 1. The molecule has 114 valence electrons. The Bertz CT molecular complexity index is 547. The fourth-order valence-corrected chi connectivity index (χ4v) is 3.09. The van der Waals surface area contributed by atoms with E-state index < -0.39 is 12.1 Å². The van der Waals surface area contributed by atoms with Crippen molar-refractivity contribution in [2.45, 2.75) is 25.6 Å². The number of methoxy groups -OCH3 is 1. The molecule has 1 unspecified atom stereocenters. The van der Waals surface area contributed by atoms with E-state index in [0.717, 1.165) is 16.9 Å². The molecule has 2 saturated heterocycles. The van der Waals surface area contributed by atoms with E-state index in [-0.39, 0.29) is 18.5 Å². The summed E-state index contributed by atoms with van der Waals surface area (Å²) >= 11 is 0. The van der Waals surface area contributed by atoms with Gasteiger partial charge in [0, 0.05) is 5.56 Å². The van der Waals surface area contributed by atoms with Crippen molar-refractivity contribution in [2.24, 2.45) is 5.92 Å². The first-order chi connectivity index (χ1) is 10.2. The zero-order valence-corrected chi connectivity index (χ0v) is 12.1. The van der Waals surface area contributed by atoms with Gasteiger partial charge >= 0.3 is 5.97 Å². The minimum Gasteiger partial charge on any atom is -0.496 e. The van der Waals surface area contributed by atoms with Crippen LogP contribution in [0, 0.1) is 12.8 Å². The summed E-state index contributed by atoms with van der Waals surface area (Å²) in [5.41, 5.74) is 1.97. The van der Waals surface area contributed by atoms with E-state index >= 15 is 0 Å². The monoisotopic (exact) mass is 293 g/mol. The van der Waals surface area contributed by atoms with Gasteiger partial charge in [0.1, 0.15) is 17.9 Å². The van der Waals surface area contributed by atoms with Crippen LogP contribution in [0.15, 0.2) is 18.2 Å². The highest BCUT2D eigenvalue weighted by molar-refractivity contribution is 5.78. The van der Waals surface area contributed by atoms with E-state index in [2.05, 4.69) is 0 Å². The highest BCUT2D eigenvalue weighted by atomic mass is 16.7. The molecule has 3 rings (SSSR count). The SMILES string of the molecule is COc1c(C)cccc1CN1OC(CO)[C@H]2COC(=O)[C@H]21. The summed E-state index contributed by atoms with van der Waals surface area (Å²) < 4.78 is 10.5. The van der Waals surface area contributed by atoms with Crippen molar-refractivity contribution < 1.29 is 24.2 Å². The Morgan fingerprint density at radius 3 is 3.00 bits per heavy atom. The molecule has 0 saturated carbocycles. The Hall–Kier alpha value is -1.63. The maximum Gasteiger partial charge on any atom is 0.326 e. The maximum absolute atomic E-state index is 11.9. The molecule has 0 spiro atoms. The molecule has 1 N–H and O–H groups in total. The molecule has 0 amide bonds. The lowest BCUT2D eigenvalue weighted by Crippen LogP contribution is -2.35. The Morgan fingerprint density at radius 2 is 2.29 bits per heavy atom. The molecular weight excluding hydrogens is 274 g/mol. The van der Waals surface area contributed by atoms with Crippen LogP contribution < -0.4 is 4.74 Å². The molecule has 1 aromatic carbocycles. The summed E-state index contributed by atoms with van der Waals surface area (Å²) in [6.07, 6.45) is -0.391. The largest absolute Gasteiger partial charge is 0.496 e. The molecule has 0 radical (unpaired) electrons. The number of carbonyl (C=O) groups excluding carboxylic acids is 1. The lowest BCUT2D eigenvalue weighted by molar-refractivity contribution is -0.193. The second kappa shape index (κ2) is 5.63. The highest BCUT2D eigenvalue weighted by Gasteiger charge is 2.52. The molecular formula is C15H19NO5. The number of nitrogens with zero attached hydrogens (tertiary/aromatic N) is 1. The summed E-state index contributed by atoms with van der Waals surface area (Å²) in [5, 5.41) is 11.0. The van der Waals surface area contributed by atoms with Crippen molar-refractivity contribution in [1.29, 1.82) is 0 Å². The van der Waals surface area contributed by atoms with E-state index in [0.29, 0.717) is 13.2 Å². The van der Waals surface area contributed by atoms with Gasteiger partial charge in [-0.3, -0.25) is 9.63 Å².